The van der Waals surface area contributed by atoms with Gasteiger partial charge in [0.05, 0.1) is 17.6 Å². The van der Waals surface area contributed by atoms with Gasteiger partial charge in [-0.1, -0.05) is 18.3 Å². The van der Waals surface area contributed by atoms with Crippen molar-refractivity contribution in [3.63, 3.8) is 0 Å². The molecule has 0 atom stereocenters. The van der Waals surface area contributed by atoms with Crippen LogP contribution in [0.4, 0.5) is 24.7 Å². The molecular weight excluding hydrogens is 289 g/mol. The maximum Gasteiger partial charge on any atom is 0.433 e. The number of rotatable bonds is 3. The van der Waals surface area contributed by atoms with Crippen LogP contribution in [-0.4, -0.2) is 15.0 Å². The molecule has 0 aliphatic heterocycles. The van der Waals surface area contributed by atoms with E-state index in [4.69, 9.17) is 18.0 Å². The molecule has 2 aromatic heterocycles. The van der Waals surface area contributed by atoms with E-state index in [0.29, 0.717) is 17.2 Å². The molecule has 3 N–H and O–H groups in total. The summed E-state index contributed by atoms with van der Waals surface area (Å²) in [5.74, 6) is 0.414. The molecule has 104 valence electrons. The fourth-order valence-electron chi connectivity index (χ4n) is 1.42. The molecule has 2 rings (SSSR count). The van der Waals surface area contributed by atoms with E-state index in [1.54, 1.807) is 18.2 Å². The van der Waals surface area contributed by atoms with E-state index in [1.165, 1.54) is 6.07 Å². The monoisotopic (exact) mass is 298 g/mol. The number of halogens is 3. The Kier molecular flexibility index (Phi) is 3.84. The van der Waals surface area contributed by atoms with Gasteiger partial charge in [-0.25, -0.2) is 9.97 Å². The van der Waals surface area contributed by atoms with Crippen LogP contribution in [0.15, 0.2) is 36.5 Å². The van der Waals surface area contributed by atoms with Crippen LogP contribution >= 0.6 is 12.2 Å². The molecule has 0 radical (unpaired) electrons. The van der Waals surface area contributed by atoms with Crippen molar-refractivity contribution >= 4 is 28.7 Å². The molecule has 0 saturated heterocycles. The van der Waals surface area contributed by atoms with E-state index in [2.05, 4.69) is 15.3 Å². The maximum atomic E-state index is 12.4. The number of alkyl halides is 3. The number of thiocarbonyl (C=S) groups is 1. The van der Waals surface area contributed by atoms with Gasteiger partial charge in [-0.2, -0.15) is 13.2 Å². The first kappa shape index (κ1) is 14.2. The Bertz CT molecular complexity index is 625. The fraction of sp³-hybridized carbons (Fsp3) is 0.0833. The number of nitrogens with zero attached hydrogens (tertiary/aromatic N) is 2. The van der Waals surface area contributed by atoms with Crippen LogP contribution in [0.1, 0.15) is 11.4 Å². The predicted molar refractivity (Wildman–Crippen MR) is 72.6 cm³/mol. The Labute approximate surface area is 117 Å². The number of hydrogen-bond donors (Lipinski definition) is 2. The molecule has 4 nitrogen and oxygen atoms in total. The van der Waals surface area contributed by atoms with E-state index < -0.39 is 11.9 Å². The summed E-state index contributed by atoms with van der Waals surface area (Å²) in [7, 11) is 0. The van der Waals surface area contributed by atoms with Gasteiger partial charge in [0.25, 0.3) is 0 Å². The van der Waals surface area contributed by atoms with Gasteiger partial charge in [0.1, 0.15) is 16.5 Å². The minimum absolute atomic E-state index is 0.138. The zero-order valence-electron chi connectivity index (χ0n) is 9.98. The van der Waals surface area contributed by atoms with Crippen molar-refractivity contribution in [1.29, 1.82) is 0 Å². The zero-order valence-corrected chi connectivity index (χ0v) is 10.8. The van der Waals surface area contributed by atoms with Crippen LogP contribution in [0.2, 0.25) is 0 Å². The number of hydrogen-bond acceptors (Lipinski definition) is 4. The standard InChI is InChI=1S/C12H9F3N4S/c13-12(14,15)9-5-4-7(6-17-9)18-10-3-1-2-8(19-10)11(16)20/h1-6H,(H2,16,20)(H,18,19). The molecule has 0 aliphatic rings. The molecule has 0 unspecified atom stereocenters. The van der Waals surface area contributed by atoms with Crippen molar-refractivity contribution in [2.75, 3.05) is 5.32 Å². The van der Waals surface area contributed by atoms with Crippen LogP contribution in [0.3, 0.4) is 0 Å². The molecule has 2 heterocycles. The molecule has 0 aromatic carbocycles. The molecule has 0 bridgehead atoms. The molecule has 2 aromatic rings. The molecule has 0 spiro atoms. The zero-order chi connectivity index (χ0) is 14.8. The number of nitrogens with one attached hydrogen (secondary N) is 1. The summed E-state index contributed by atoms with van der Waals surface area (Å²) in [6.45, 7) is 0. The molecule has 8 heteroatoms. The number of aromatic nitrogens is 2. The Morgan fingerprint density at radius 2 is 1.95 bits per heavy atom. The number of anilines is 2. The van der Waals surface area contributed by atoms with E-state index >= 15 is 0 Å². The van der Waals surface area contributed by atoms with Crippen LogP contribution in [0, 0.1) is 0 Å². The Morgan fingerprint density at radius 3 is 2.50 bits per heavy atom. The Balaban J connectivity index is 2.18. The summed E-state index contributed by atoms with van der Waals surface area (Å²) in [6.07, 6.45) is -3.37. The van der Waals surface area contributed by atoms with Gasteiger partial charge in [-0.3, -0.25) is 0 Å². The van der Waals surface area contributed by atoms with Gasteiger partial charge in [-0.05, 0) is 24.3 Å². The minimum Gasteiger partial charge on any atom is -0.388 e. The number of nitrogens with two attached hydrogens (primary N) is 1. The molecule has 0 saturated carbocycles. The summed E-state index contributed by atoms with van der Waals surface area (Å²) in [6, 6.07) is 7.12. The van der Waals surface area contributed by atoms with E-state index in [0.717, 1.165) is 12.3 Å². The summed E-state index contributed by atoms with van der Waals surface area (Å²) < 4.78 is 37.1. The highest BCUT2D eigenvalue weighted by Gasteiger charge is 2.31. The van der Waals surface area contributed by atoms with E-state index in [9.17, 15) is 13.2 Å². The first-order valence-electron chi connectivity index (χ1n) is 5.43. The lowest BCUT2D eigenvalue weighted by Gasteiger charge is -2.08. The van der Waals surface area contributed by atoms with E-state index in [-0.39, 0.29) is 4.99 Å². The Morgan fingerprint density at radius 1 is 1.20 bits per heavy atom. The van der Waals surface area contributed by atoms with Crippen LogP contribution < -0.4 is 11.1 Å². The normalized spacial score (nSPS) is 11.2. The van der Waals surface area contributed by atoms with Crippen LogP contribution in [0.5, 0.6) is 0 Å². The highest BCUT2D eigenvalue weighted by Crippen LogP contribution is 2.28. The second-order valence-electron chi connectivity index (χ2n) is 3.83. The largest absolute Gasteiger partial charge is 0.433 e. The summed E-state index contributed by atoms with van der Waals surface area (Å²) in [5, 5.41) is 2.82. The van der Waals surface area contributed by atoms with Gasteiger partial charge >= 0.3 is 6.18 Å². The molecule has 0 amide bonds. The Hall–Kier alpha value is -2.22. The summed E-state index contributed by atoms with van der Waals surface area (Å²) >= 11 is 4.79. The third-order valence-electron chi connectivity index (χ3n) is 2.33. The lowest BCUT2D eigenvalue weighted by molar-refractivity contribution is -0.141. The average Bonchev–Trinajstić information content (AvgIpc) is 2.38. The summed E-state index contributed by atoms with van der Waals surface area (Å²) in [4.78, 5) is 7.59. The van der Waals surface area contributed by atoms with Crippen LogP contribution in [0.25, 0.3) is 0 Å². The first-order valence-corrected chi connectivity index (χ1v) is 5.84. The first-order chi connectivity index (χ1) is 9.36. The third kappa shape index (κ3) is 3.41. The average molecular weight is 298 g/mol. The van der Waals surface area contributed by atoms with Gasteiger partial charge in [0.2, 0.25) is 0 Å². The predicted octanol–water partition coefficient (Wildman–Crippen LogP) is 2.87. The highest BCUT2D eigenvalue weighted by atomic mass is 32.1. The van der Waals surface area contributed by atoms with Gasteiger partial charge < -0.3 is 11.1 Å². The minimum atomic E-state index is -4.46. The SMILES string of the molecule is NC(=S)c1cccc(Nc2ccc(C(F)(F)F)nc2)n1. The highest BCUT2D eigenvalue weighted by molar-refractivity contribution is 7.80. The summed E-state index contributed by atoms with van der Waals surface area (Å²) in [5.41, 5.74) is 5.30. The molecule has 20 heavy (non-hydrogen) atoms. The second-order valence-corrected chi connectivity index (χ2v) is 4.27. The van der Waals surface area contributed by atoms with Gasteiger partial charge in [0.15, 0.2) is 0 Å². The lowest BCUT2D eigenvalue weighted by atomic mass is 10.3. The van der Waals surface area contributed by atoms with Crippen molar-refractivity contribution in [2.45, 2.75) is 6.18 Å². The van der Waals surface area contributed by atoms with Crippen molar-refractivity contribution in [3.8, 4) is 0 Å². The van der Waals surface area contributed by atoms with Crippen molar-refractivity contribution in [1.82, 2.24) is 9.97 Å². The third-order valence-corrected chi connectivity index (χ3v) is 2.54. The second kappa shape index (κ2) is 5.41. The van der Waals surface area contributed by atoms with E-state index in [1.807, 2.05) is 0 Å². The van der Waals surface area contributed by atoms with Gasteiger partial charge in [-0.15, -0.1) is 0 Å². The van der Waals surface area contributed by atoms with Crippen molar-refractivity contribution < 1.29 is 13.2 Å². The number of pyridine rings is 2. The smallest absolute Gasteiger partial charge is 0.388 e. The van der Waals surface area contributed by atoms with Gasteiger partial charge in [0, 0.05) is 0 Å². The maximum absolute atomic E-state index is 12.4. The molecular formula is C12H9F3N4S. The van der Waals surface area contributed by atoms with Crippen LogP contribution in [-0.2, 0) is 6.18 Å². The lowest BCUT2D eigenvalue weighted by Crippen LogP contribution is -2.12. The van der Waals surface area contributed by atoms with Crippen molar-refractivity contribution in [2.24, 2.45) is 5.73 Å². The molecule has 0 fully saturated rings. The quantitative estimate of drug-likeness (QED) is 0.853. The van der Waals surface area contributed by atoms with Crippen molar-refractivity contribution in [3.05, 3.63) is 47.9 Å². The molecule has 0 aliphatic carbocycles. The topological polar surface area (TPSA) is 63.8 Å². The fourth-order valence-corrected chi connectivity index (χ4v) is 1.54.